The fraction of sp³-hybridized carbons (Fsp3) is 0.565. The van der Waals surface area contributed by atoms with Gasteiger partial charge in [-0.2, -0.15) is 0 Å². The van der Waals surface area contributed by atoms with Crippen LogP contribution in [0.25, 0.3) is 0 Å². The van der Waals surface area contributed by atoms with Gasteiger partial charge in [-0.05, 0) is 24.1 Å². The normalized spacial score (nSPS) is 15.5. The van der Waals surface area contributed by atoms with Gasteiger partial charge < -0.3 is 20.7 Å². The molecule has 0 spiro atoms. The molecule has 1 amide bonds. The molecule has 1 aromatic carbocycles. The molecule has 0 bridgehead atoms. The molecule has 31 heavy (non-hydrogen) atoms. The Kier molecular flexibility index (Phi) is 13.2. The van der Waals surface area contributed by atoms with E-state index < -0.39 is 0 Å². The van der Waals surface area contributed by atoms with Crippen molar-refractivity contribution in [2.75, 3.05) is 51.8 Å². The fourth-order valence-electron chi connectivity index (χ4n) is 3.81. The predicted octanol–water partition coefficient (Wildman–Crippen LogP) is 2.53. The minimum absolute atomic E-state index is 0. The maximum Gasteiger partial charge on any atom is 0.243 e. The van der Waals surface area contributed by atoms with Crippen LogP contribution in [-0.2, 0) is 9.53 Å². The van der Waals surface area contributed by atoms with Crippen molar-refractivity contribution in [1.29, 1.82) is 0 Å². The summed E-state index contributed by atoms with van der Waals surface area (Å²) in [5, 5.41) is 9.35. The highest BCUT2D eigenvalue weighted by molar-refractivity contribution is 14.0. The van der Waals surface area contributed by atoms with Crippen LogP contribution in [0.5, 0.6) is 0 Å². The molecule has 1 atom stereocenters. The average Bonchev–Trinajstić information content (AvgIpc) is 2.79. The summed E-state index contributed by atoms with van der Waals surface area (Å²) in [6.07, 6.45) is 7.67. The van der Waals surface area contributed by atoms with Crippen LogP contribution < -0.4 is 16.0 Å². The molecule has 0 aromatic heterocycles. The second-order valence-electron chi connectivity index (χ2n) is 7.37. The highest BCUT2D eigenvalue weighted by Crippen LogP contribution is 2.19. The van der Waals surface area contributed by atoms with Gasteiger partial charge in [0.2, 0.25) is 5.91 Å². The van der Waals surface area contributed by atoms with Crippen LogP contribution in [0.3, 0.4) is 0 Å². The highest BCUT2D eigenvalue weighted by Gasteiger charge is 2.27. The zero-order chi connectivity index (χ0) is 21.8. The van der Waals surface area contributed by atoms with E-state index in [1.165, 1.54) is 0 Å². The number of nitrogens with one attached hydrogen (secondary N) is 3. The van der Waals surface area contributed by atoms with Crippen LogP contribution >= 0.6 is 24.0 Å². The summed E-state index contributed by atoms with van der Waals surface area (Å²) in [6, 6.07) is 7.64. The summed E-state index contributed by atoms with van der Waals surface area (Å²) in [6.45, 7) is 8.85. The summed E-state index contributed by atoms with van der Waals surface area (Å²) in [5.74, 6) is 3.62. The Morgan fingerprint density at radius 2 is 1.97 bits per heavy atom. The summed E-state index contributed by atoms with van der Waals surface area (Å²) in [7, 11) is 1.71. The number of hydrogen-bond acceptors (Lipinski definition) is 4. The molecular formula is C23H36IN5O2. The van der Waals surface area contributed by atoms with E-state index in [4.69, 9.17) is 11.2 Å². The first-order chi connectivity index (χ1) is 14.6. The number of ether oxygens (including phenoxy) is 1. The lowest BCUT2D eigenvalue weighted by Crippen LogP contribution is -2.53. The Balaban J connectivity index is 0.00000480. The van der Waals surface area contributed by atoms with Crippen molar-refractivity contribution in [3.05, 3.63) is 29.8 Å². The van der Waals surface area contributed by atoms with Crippen LogP contribution in [0, 0.1) is 18.3 Å². The van der Waals surface area contributed by atoms with E-state index in [-0.39, 0.29) is 36.4 Å². The maximum absolute atomic E-state index is 12.3. The largest absolute Gasteiger partial charge is 0.379 e. The molecule has 172 valence electrons. The predicted molar refractivity (Wildman–Crippen MR) is 138 cm³/mol. The Bertz CT molecular complexity index is 740. The molecule has 0 aliphatic carbocycles. The van der Waals surface area contributed by atoms with Crippen molar-refractivity contribution in [1.82, 2.24) is 15.5 Å². The first-order valence-corrected chi connectivity index (χ1v) is 10.7. The number of nitrogens with zero attached hydrogens (tertiary/aromatic N) is 2. The zero-order valence-electron chi connectivity index (χ0n) is 18.8. The molecule has 1 fully saturated rings. The van der Waals surface area contributed by atoms with Crippen LogP contribution in [-0.4, -0.2) is 69.2 Å². The molecule has 3 N–H and O–H groups in total. The van der Waals surface area contributed by atoms with Crippen molar-refractivity contribution in [2.24, 2.45) is 10.9 Å². The van der Waals surface area contributed by atoms with Gasteiger partial charge >= 0.3 is 0 Å². The Morgan fingerprint density at radius 1 is 1.26 bits per heavy atom. The Morgan fingerprint density at radius 3 is 2.58 bits per heavy atom. The van der Waals surface area contributed by atoms with Crippen LogP contribution in [0.1, 0.15) is 32.3 Å². The van der Waals surface area contributed by atoms with Gasteiger partial charge in [0.05, 0.1) is 19.8 Å². The minimum Gasteiger partial charge on any atom is -0.379 e. The number of guanidine groups is 1. The molecule has 7 nitrogen and oxygen atoms in total. The molecule has 0 radical (unpaired) electrons. The number of halogens is 1. The first kappa shape index (κ1) is 27.2. The number of aliphatic imine (C=N–C) groups is 1. The summed E-state index contributed by atoms with van der Waals surface area (Å²) in [5.41, 5.74) is 1.41. The standard InChI is InChI=1S/C23H35N5O2.HI/c1-5-18-9-8-10-20(15-18)27-22(29)17-26-23(24-4)25-16-21(19(6-2)7-3)28-11-13-30-14-12-28;/h1,8-10,15,19,21H,6-7,11-14,16-17H2,2-4H3,(H,27,29)(H2,24,25,26);1H. The van der Waals surface area contributed by atoms with Gasteiger partial charge in [-0.3, -0.25) is 14.7 Å². The second kappa shape index (κ2) is 15.1. The van der Waals surface area contributed by atoms with Crippen molar-refractivity contribution < 1.29 is 9.53 Å². The topological polar surface area (TPSA) is 78.0 Å². The number of rotatable bonds is 9. The van der Waals surface area contributed by atoms with Crippen molar-refractivity contribution >= 4 is 41.5 Å². The third-order valence-corrected chi connectivity index (χ3v) is 5.54. The van der Waals surface area contributed by atoms with Gasteiger partial charge in [0.15, 0.2) is 5.96 Å². The SMILES string of the molecule is C#Cc1cccc(NC(=O)CNC(=NC)NCC(C(CC)CC)N2CCOCC2)c1.I. The Hall–Kier alpha value is -1.83. The smallest absolute Gasteiger partial charge is 0.243 e. The molecule has 2 rings (SSSR count). The molecule has 1 saturated heterocycles. The number of anilines is 1. The lowest BCUT2D eigenvalue weighted by molar-refractivity contribution is -0.115. The van der Waals surface area contributed by atoms with Gasteiger partial charge in [0.25, 0.3) is 0 Å². The summed E-state index contributed by atoms with van der Waals surface area (Å²) >= 11 is 0. The van der Waals surface area contributed by atoms with E-state index in [1.54, 1.807) is 13.1 Å². The van der Waals surface area contributed by atoms with E-state index in [9.17, 15) is 4.79 Å². The van der Waals surface area contributed by atoms with E-state index in [0.717, 1.165) is 51.3 Å². The summed E-state index contributed by atoms with van der Waals surface area (Å²) < 4.78 is 5.52. The van der Waals surface area contributed by atoms with Crippen molar-refractivity contribution in [3.8, 4) is 12.3 Å². The highest BCUT2D eigenvalue weighted by atomic mass is 127. The third-order valence-electron chi connectivity index (χ3n) is 5.54. The molecule has 1 heterocycles. The molecule has 0 saturated carbocycles. The lowest BCUT2D eigenvalue weighted by Gasteiger charge is -2.39. The third kappa shape index (κ3) is 9.05. The first-order valence-electron chi connectivity index (χ1n) is 10.7. The number of benzene rings is 1. The van der Waals surface area contributed by atoms with E-state index in [2.05, 4.69) is 45.6 Å². The van der Waals surface area contributed by atoms with E-state index in [0.29, 0.717) is 23.6 Å². The number of amides is 1. The maximum atomic E-state index is 12.3. The molecule has 1 aliphatic heterocycles. The zero-order valence-corrected chi connectivity index (χ0v) is 21.1. The van der Waals surface area contributed by atoms with Crippen LogP contribution in [0.4, 0.5) is 5.69 Å². The van der Waals surface area contributed by atoms with Crippen LogP contribution in [0.2, 0.25) is 0 Å². The van der Waals surface area contributed by atoms with Crippen LogP contribution in [0.15, 0.2) is 29.3 Å². The molecule has 1 aromatic rings. The number of hydrogen-bond donors (Lipinski definition) is 3. The minimum atomic E-state index is -0.156. The molecular weight excluding hydrogens is 505 g/mol. The van der Waals surface area contributed by atoms with E-state index >= 15 is 0 Å². The monoisotopic (exact) mass is 541 g/mol. The molecule has 8 heteroatoms. The second-order valence-corrected chi connectivity index (χ2v) is 7.37. The average molecular weight is 541 g/mol. The summed E-state index contributed by atoms with van der Waals surface area (Å²) in [4.78, 5) is 19.1. The van der Waals surface area contributed by atoms with Gasteiger partial charge in [-0.25, -0.2) is 0 Å². The number of terminal acetylenes is 1. The van der Waals surface area contributed by atoms with Gasteiger partial charge in [-0.1, -0.05) is 38.7 Å². The quantitative estimate of drug-likeness (QED) is 0.194. The van der Waals surface area contributed by atoms with Crippen molar-refractivity contribution in [3.63, 3.8) is 0 Å². The van der Waals surface area contributed by atoms with Gasteiger partial charge in [0.1, 0.15) is 0 Å². The number of morpholine rings is 1. The number of carbonyl (C=O) groups is 1. The van der Waals surface area contributed by atoms with Crippen molar-refractivity contribution in [2.45, 2.75) is 32.7 Å². The molecule has 1 aliphatic rings. The lowest BCUT2D eigenvalue weighted by atomic mass is 9.92. The van der Waals surface area contributed by atoms with E-state index in [1.807, 2.05) is 18.2 Å². The Labute approximate surface area is 203 Å². The van der Waals surface area contributed by atoms with Gasteiger partial charge in [0, 0.05) is 44.0 Å². The number of carbonyl (C=O) groups excluding carboxylic acids is 1. The molecule has 1 unspecified atom stereocenters. The van der Waals surface area contributed by atoms with Gasteiger partial charge in [-0.15, -0.1) is 30.4 Å². The fourth-order valence-corrected chi connectivity index (χ4v) is 3.81.